The third kappa shape index (κ3) is 3.72. The Balaban J connectivity index is 2.22. The number of pyridine rings is 1. The van der Waals surface area contributed by atoms with E-state index in [-0.39, 0.29) is 5.75 Å². The first-order chi connectivity index (χ1) is 9.19. The lowest BCUT2D eigenvalue weighted by atomic mass is 10.2. The topological polar surface area (TPSA) is 34.2 Å². The van der Waals surface area contributed by atoms with Crippen molar-refractivity contribution in [2.24, 2.45) is 0 Å². The summed E-state index contributed by atoms with van der Waals surface area (Å²) in [4.78, 5) is 3.95. The fourth-order valence-corrected chi connectivity index (χ4v) is 1.62. The summed E-state index contributed by atoms with van der Waals surface area (Å²) in [7, 11) is 0. The largest absolute Gasteiger partial charge is 0.455 e. The molecule has 0 aliphatic heterocycles. The Morgan fingerprint density at radius 3 is 2.63 bits per heavy atom. The van der Waals surface area contributed by atoms with Gasteiger partial charge in [0.25, 0.3) is 0 Å². The third-order valence-corrected chi connectivity index (χ3v) is 2.50. The van der Waals surface area contributed by atoms with Crippen LogP contribution in [0.25, 0.3) is 0 Å². The van der Waals surface area contributed by atoms with E-state index in [0.29, 0.717) is 12.3 Å². The van der Waals surface area contributed by atoms with Crippen LogP contribution in [0.2, 0.25) is 0 Å². The fraction of sp³-hybridized carbons (Fsp3) is 0.214. The van der Waals surface area contributed by atoms with Crippen LogP contribution in [0, 0.1) is 11.6 Å². The zero-order valence-corrected chi connectivity index (χ0v) is 10.5. The van der Waals surface area contributed by atoms with Gasteiger partial charge in [-0.1, -0.05) is 6.92 Å². The average Bonchev–Trinajstić information content (AvgIpc) is 2.36. The van der Waals surface area contributed by atoms with E-state index in [1.54, 1.807) is 12.3 Å². The van der Waals surface area contributed by atoms with Crippen LogP contribution in [0.15, 0.2) is 36.7 Å². The normalized spacial score (nSPS) is 10.5. The molecule has 1 aromatic heterocycles. The summed E-state index contributed by atoms with van der Waals surface area (Å²) in [6.07, 6.45) is 3.17. The lowest BCUT2D eigenvalue weighted by Crippen LogP contribution is -2.12. The SMILES string of the molecule is CCNCc1ccncc1Oc1cc(F)cc(F)c1. The highest BCUT2D eigenvalue weighted by molar-refractivity contribution is 5.35. The van der Waals surface area contributed by atoms with Crippen molar-refractivity contribution in [1.82, 2.24) is 10.3 Å². The number of halogens is 2. The van der Waals surface area contributed by atoms with Crippen LogP contribution in [0.1, 0.15) is 12.5 Å². The molecule has 1 heterocycles. The van der Waals surface area contributed by atoms with Crippen molar-refractivity contribution in [3.63, 3.8) is 0 Å². The van der Waals surface area contributed by atoms with Crippen LogP contribution in [0.4, 0.5) is 8.78 Å². The van der Waals surface area contributed by atoms with Crippen LogP contribution >= 0.6 is 0 Å². The van der Waals surface area contributed by atoms with Gasteiger partial charge in [-0.25, -0.2) is 8.78 Å². The van der Waals surface area contributed by atoms with E-state index < -0.39 is 11.6 Å². The minimum absolute atomic E-state index is 0.114. The van der Waals surface area contributed by atoms with Gasteiger partial charge in [0.1, 0.15) is 23.1 Å². The van der Waals surface area contributed by atoms with Gasteiger partial charge in [0.15, 0.2) is 0 Å². The van der Waals surface area contributed by atoms with E-state index in [2.05, 4.69) is 10.3 Å². The first kappa shape index (κ1) is 13.4. The number of rotatable bonds is 5. The molecule has 0 fully saturated rings. The molecule has 0 amide bonds. The Morgan fingerprint density at radius 1 is 1.21 bits per heavy atom. The van der Waals surface area contributed by atoms with Crippen molar-refractivity contribution < 1.29 is 13.5 Å². The van der Waals surface area contributed by atoms with Crippen LogP contribution in [0.3, 0.4) is 0 Å². The molecule has 3 nitrogen and oxygen atoms in total. The van der Waals surface area contributed by atoms with E-state index in [4.69, 9.17) is 4.74 Å². The van der Waals surface area contributed by atoms with Crippen molar-refractivity contribution >= 4 is 0 Å². The maximum Gasteiger partial charge on any atom is 0.150 e. The summed E-state index contributed by atoms with van der Waals surface area (Å²) in [6.45, 7) is 3.41. The molecule has 2 rings (SSSR count). The molecular formula is C14H14F2N2O. The van der Waals surface area contributed by atoms with E-state index in [1.165, 1.54) is 6.20 Å². The Bertz CT molecular complexity index is 541. The molecule has 0 unspecified atom stereocenters. The van der Waals surface area contributed by atoms with Gasteiger partial charge in [0.2, 0.25) is 0 Å². The maximum absolute atomic E-state index is 13.1. The van der Waals surface area contributed by atoms with Crippen molar-refractivity contribution in [3.05, 3.63) is 53.9 Å². The highest BCUT2D eigenvalue weighted by atomic mass is 19.1. The van der Waals surface area contributed by atoms with Gasteiger partial charge in [-0.2, -0.15) is 0 Å². The van der Waals surface area contributed by atoms with Crippen molar-refractivity contribution in [2.75, 3.05) is 6.54 Å². The highest BCUT2D eigenvalue weighted by Gasteiger charge is 2.07. The monoisotopic (exact) mass is 264 g/mol. The number of ether oxygens (including phenoxy) is 1. The number of nitrogens with zero attached hydrogens (tertiary/aromatic N) is 1. The summed E-state index contributed by atoms with van der Waals surface area (Å²) < 4.78 is 31.7. The second-order valence-corrected chi connectivity index (χ2v) is 3.97. The molecule has 0 radical (unpaired) electrons. The summed E-state index contributed by atoms with van der Waals surface area (Å²) in [5.74, 6) is -0.754. The molecule has 1 aromatic carbocycles. The molecular weight excluding hydrogens is 250 g/mol. The first-order valence-electron chi connectivity index (χ1n) is 5.96. The molecule has 19 heavy (non-hydrogen) atoms. The van der Waals surface area contributed by atoms with Gasteiger partial charge in [0, 0.05) is 36.5 Å². The molecule has 0 spiro atoms. The number of hydrogen-bond acceptors (Lipinski definition) is 3. The van der Waals surface area contributed by atoms with Crippen LogP contribution in [0.5, 0.6) is 11.5 Å². The van der Waals surface area contributed by atoms with E-state index in [9.17, 15) is 8.78 Å². The number of aromatic nitrogens is 1. The molecule has 5 heteroatoms. The van der Waals surface area contributed by atoms with E-state index in [1.807, 2.05) is 6.92 Å². The predicted molar refractivity (Wildman–Crippen MR) is 68.0 cm³/mol. The smallest absolute Gasteiger partial charge is 0.150 e. The molecule has 0 bridgehead atoms. The number of benzene rings is 1. The average molecular weight is 264 g/mol. The van der Waals surface area contributed by atoms with Gasteiger partial charge in [-0.15, -0.1) is 0 Å². The summed E-state index contributed by atoms with van der Waals surface area (Å²) in [5.41, 5.74) is 0.876. The summed E-state index contributed by atoms with van der Waals surface area (Å²) in [6, 6.07) is 4.86. The Morgan fingerprint density at radius 2 is 1.95 bits per heavy atom. The fourth-order valence-electron chi connectivity index (χ4n) is 1.62. The number of hydrogen-bond donors (Lipinski definition) is 1. The zero-order valence-electron chi connectivity index (χ0n) is 10.5. The van der Waals surface area contributed by atoms with Crippen molar-refractivity contribution in [1.29, 1.82) is 0 Å². The lowest BCUT2D eigenvalue weighted by Gasteiger charge is -2.11. The van der Waals surface area contributed by atoms with Gasteiger partial charge in [-0.3, -0.25) is 4.98 Å². The van der Waals surface area contributed by atoms with Crippen LogP contribution < -0.4 is 10.1 Å². The summed E-state index contributed by atoms with van der Waals surface area (Å²) in [5, 5.41) is 3.16. The molecule has 0 atom stereocenters. The van der Waals surface area contributed by atoms with Gasteiger partial charge < -0.3 is 10.1 Å². The van der Waals surface area contributed by atoms with Gasteiger partial charge in [0.05, 0.1) is 6.20 Å². The standard InChI is InChI=1S/C14H14F2N2O/c1-2-17-8-10-3-4-18-9-14(10)19-13-6-11(15)5-12(16)7-13/h3-7,9,17H,2,8H2,1H3. The minimum Gasteiger partial charge on any atom is -0.455 e. The van der Waals surface area contributed by atoms with E-state index >= 15 is 0 Å². The third-order valence-electron chi connectivity index (χ3n) is 2.50. The molecule has 2 aromatic rings. The predicted octanol–water partition coefficient (Wildman–Crippen LogP) is 3.26. The van der Waals surface area contributed by atoms with E-state index in [0.717, 1.165) is 30.3 Å². The second-order valence-electron chi connectivity index (χ2n) is 3.97. The minimum atomic E-state index is -0.674. The second kappa shape index (κ2) is 6.24. The van der Waals surface area contributed by atoms with Gasteiger partial charge >= 0.3 is 0 Å². The maximum atomic E-state index is 13.1. The van der Waals surface area contributed by atoms with Crippen molar-refractivity contribution in [3.8, 4) is 11.5 Å². The molecule has 0 aliphatic carbocycles. The lowest BCUT2D eigenvalue weighted by molar-refractivity contribution is 0.458. The molecule has 1 N–H and O–H groups in total. The first-order valence-corrected chi connectivity index (χ1v) is 5.96. The van der Waals surface area contributed by atoms with Crippen molar-refractivity contribution in [2.45, 2.75) is 13.5 Å². The van der Waals surface area contributed by atoms with Crippen LogP contribution in [-0.4, -0.2) is 11.5 Å². The molecule has 100 valence electrons. The Labute approximate surface area is 110 Å². The quantitative estimate of drug-likeness (QED) is 0.900. The number of nitrogens with one attached hydrogen (secondary N) is 1. The molecule has 0 saturated carbocycles. The highest BCUT2D eigenvalue weighted by Crippen LogP contribution is 2.25. The molecule has 0 aliphatic rings. The Kier molecular flexibility index (Phi) is 4.41. The Hall–Kier alpha value is -2.01. The zero-order chi connectivity index (χ0) is 13.7. The summed E-state index contributed by atoms with van der Waals surface area (Å²) >= 11 is 0. The van der Waals surface area contributed by atoms with Gasteiger partial charge in [-0.05, 0) is 12.6 Å². The van der Waals surface area contributed by atoms with Crippen LogP contribution in [-0.2, 0) is 6.54 Å². The molecule has 0 saturated heterocycles.